The average Bonchev–Trinajstić information content (AvgIpc) is 3.15. The van der Waals surface area contributed by atoms with Gasteiger partial charge in [-0.1, -0.05) is 6.92 Å². The Kier molecular flexibility index (Phi) is 5.10. The van der Waals surface area contributed by atoms with Crippen LogP contribution in [0.1, 0.15) is 58.8 Å². The third kappa shape index (κ3) is 3.75. The molecule has 4 rings (SSSR count). The number of likely N-dealkylation sites (tertiary alicyclic amines) is 1. The molecule has 29 heavy (non-hydrogen) atoms. The SMILES string of the molecule is CC[C@@H]1c2nncn2-c2cnc(Cl)nc2N1C1CCN(C(=O)OC(C)(C)C)CC1. The van der Waals surface area contributed by atoms with Crippen LogP contribution in [0, 0.1) is 0 Å². The van der Waals surface area contributed by atoms with E-state index in [9.17, 15) is 4.79 Å². The maximum Gasteiger partial charge on any atom is 0.410 e. The first-order valence-electron chi connectivity index (χ1n) is 9.97. The molecule has 1 saturated heterocycles. The Hall–Kier alpha value is -2.42. The number of carbonyl (C=O) groups excluding carboxylic acids is 1. The Balaban J connectivity index is 1.59. The highest BCUT2D eigenvalue weighted by Gasteiger charge is 2.39. The fourth-order valence-electron chi connectivity index (χ4n) is 4.09. The molecular formula is C19H26ClN7O2. The second-order valence-corrected chi connectivity index (χ2v) is 8.77. The summed E-state index contributed by atoms with van der Waals surface area (Å²) >= 11 is 6.14. The molecule has 1 atom stereocenters. The molecule has 2 aliphatic rings. The molecule has 0 saturated carbocycles. The molecule has 1 fully saturated rings. The number of fused-ring (bicyclic) bond motifs is 3. The van der Waals surface area contributed by atoms with E-state index in [0.29, 0.717) is 13.1 Å². The van der Waals surface area contributed by atoms with Gasteiger partial charge in [0.25, 0.3) is 0 Å². The van der Waals surface area contributed by atoms with Gasteiger partial charge in [0.2, 0.25) is 5.28 Å². The van der Waals surface area contributed by atoms with Crippen LogP contribution in [-0.4, -0.2) is 60.5 Å². The first-order chi connectivity index (χ1) is 13.8. The zero-order valence-corrected chi connectivity index (χ0v) is 17.9. The van der Waals surface area contributed by atoms with Gasteiger partial charge in [-0.15, -0.1) is 10.2 Å². The van der Waals surface area contributed by atoms with Gasteiger partial charge in [0.1, 0.15) is 17.6 Å². The number of rotatable bonds is 2. The lowest BCUT2D eigenvalue weighted by Gasteiger charge is -2.45. The Bertz CT molecular complexity index is 902. The zero-order valence-electron chi connectivity index (χ0n) is 17.2. The maximum atomic E-state index is 12.4. The molecule has 0 unspecified atom stereocenters. The molecule has 2 aromatic rings. The van der Waals surface area contributed by atoms with Crippen LogP contribution in [0.3, 0.4) is 0 Å². The predicted octanol–water partition coefficient (Wildman–Crippen LogP) is 3.38. The number of hydrogen-bond acceptors (Lipinski definition) is 7. The molecule has 4 heterocycles. The smallest absolute Gasteiger partial charge is 0.410 e. The van der Waals surface area contributed by atoms with E-state index in [2.05, 4.69) is 32.0 Å². The van der Waals surface area contributed by atoms with Gasteiger partial charge in [-0.2, -0.15) is 4.98 Å². The lowest BCUT2D eigenvalue weighted by Crippen LogP contribution is -2.50. The molecule has 0 aliphatic carbocycles. The van der Waals surface area contributed by atoms with Gasteiger partial charge >= 0.3 is 6.09 Å². The third-order valence-electron chi connectivity index (χ3n) is 5.33. The summed E-state index contributed by atoms with van der Waals surface area (Å²) in [6.07, 6.45) is 5.62. The molecule has 0 radical (unpaired) electrons. The predicted molar refractivity (Wildman–Crippen MR) is 108 cm³/mol. The van der Waals surface area contributed by atoms with Crippen LogP contribution < -0.4 is 4.90 Å². The molecule has 1 amide bonds. The van der Waals surface area contributed by atoms with Crippen molar-refractivity contribution in [1.82, 2.24) is 29.6 Å². The van der Waals surface area contributed by atoms with E-state index < -0.39 is 5.60 Å². The van der Waals surface area contributed by atoms with Crippen LogP contribution in [-0.2, 0) is 4.74 Å². The van der Waals surface area contributed by atoms with Crippen molar-refractivity contribution in [3.05, 3.63) is 23.6 Å². The first-order valence-corrected chi connectivity index (χ1v) is 10.4. The summed E-state index contributed by atoms with van der Waals surface area (Å²) in [7, 11) is 0. The van der Waals surface area contributed by atoms with Crippen molar-refractivity contribution in [2.24, 2.45) is 0 Å². The molecule has 0 bridgehead atoms. The monoisotopic (exact) mass is 419 g/mol. The molecule has 0 spiro atoms. The van der Waals surface area contributed by atoms with Crippen LogP contribution in [0.5, 0.6) is 0 Å². The molecule has 2 aliphatic heterocycles. The lowest BCUT2D eigenvalue weighted by molar-refractivity contribution is 0.0202. The van der Waals surface area contributed by atoms with Gasteiger partial charge in [-0.05, 0) is 51.6 Å². The number of amides is 1. The highest BCUT2D eigenvalue weighted by molar-refractivity contribution is 6.28. The van der Waals surface area contributed by atoms with Gasteiger partial charge in [0.05, 0.1) is 12.2 Å². The van der Waals surface area contributed by atoms with Crippen molar-refractivity contribution in [3.8, 4) is 5.69 Å². The van der Waals surface area contributed by atoms with Crippen LogP contribution >= 0.6 is 11.6 Å². The van der Waals surface area contributed by atoms with Crippen molar-refractivity contribution < 1.29 is 9.53 Å². The fraction of sp³-hybridized carbons (Fsp3) is 0.632. The Morgan fingerprint density at radius 2 is 2.03 bits per heavy atom. The number of carbonyl (C=O) groups is 1. The highest BCUT2D eigenvalue weighted by atomic mass is 35.5. The lowest BCUT2D eigenvalue weighted by atomic mass is 9.98. The highest BCUT2D eigenvalue weighted by Crippen LogP contribution is 2.41. The topological polar surface area (TPSA) is 89.3 Å². The Morgan fingerprint density at radius 3 is 2.69 bits per heavy atom. The number of hydrogen-bond donors (Lipinski definition) is 0. The van der Waals surface area contributed by atoms with Gasteiger partial charge < -0.3 is 14.5 Å². The van der Waals surface area contributed by atoms with Gasteiger partial charge in [-0.3, -0.25) is 4.57 Å². The van der Waals surface area contributed by atoms with E-state index >= 15 is 0 Å². The fourth-order valence-corrected chi connectivity index (χ4v) is 4.22. The van der Waals surface area contributed by atoms with Crippen LogP contribution in [0.25, 0.3) is 5.69 Å². The average molecular weight is 420 g/mol. The van der Waals surface area contributed by atoms with Crippen molar-refractivity contribution in [1.29, 1.82) is 0 Å². The van der Waals surface area contributed by atoms with E-state index in [1.54, 1.807) is 17.4 Å². The van der Waals surface area contributed by atoms with E-state index in [0.717, 1.165) is 36.6 Å². The minimum absolute atomic E-state index is 0.0362. The normalized spacial score (nSPS) is 19.7. The quantitative estimate of drug-likeness (QED) is 0.689. The number of ether oxygens (including phenoxy) is 1. The first kappa shape index (κ1) is 19.9. The van der Waals surface area contributed by atoms with Gasteiger partial charge in [0, 0.05) is 19.1 Å². The number of nitrogens with zero attached hydrogens (tertiary/aromatic N) is 7. The van der Waals surface area contributed by atoms with Gasteiger partial charge in [-0.25, -0.2) is 9.78 Å². The molecule has 0 aromatic carbocycles. The molecular weight excluding hydrogens is 394 g/mol. The summed E-state index contributed by atoms with van der Waals surface area (Å²) in [5, 5.41) is 8.67. The van der Waals surface area contributed by atoms with Crippen molar-refractivity contribution in [2.45, 2.75) is 64.6 Å². The number of anilines is 1. The second-order valence-electron chi connectivity index (χ2n) is 8.44. The van der Waals surface area contributed by atoms with Crippen LogP contribution in [0.4, 0.5) is 10.6 Å². The third-order valence-corrected chi connectivity index (χ3v) is 5.51. The van der Waals surface area contributed by atoms with Crippen molar-refractivity contribution >= 4 is 23.5 Å². The Labute approximate surface area is 175 Å². The number of piperidine rings is 1. The van der Waals surface area contributed by atoms with Crippen LogP contribution in [0.15, 0.2) is 12.5 Å². The summed E-state index contributed by atoms with van der Waals surface area (Å²) in [6.45, 7) is 9.04. The standard InChI is InChI=1S/C19H26ClN7O2/c1-5-13-16-24-22-11-26(16)14-10-21-17(20)23-15(14)27(13)12-6-8-25(9-7-12)18(28)29-19(2,3)4/h10-13H,5-9H2,1-4H3/t13-/m1/s1. The second kappa shape index (κ2) is 7.44. The van der Waals surface area contributed by atoms with E-state index in [1.165, 1.54) is 0 Å². The summed E-state index contributed by atoms with van der Waals surface area (Å²) in [5.74, 6) is 1.67. The van der Waals surface area contributed by atoms with Crippen molar-refractivity contribution in [3.63, 3.8) is 0 Å². The van der Waals surface area contributed by atoms with Gasteiger partial charge in [0.15, 0.2) is 11.6 Å². The maximum absolute atomic E-state index is 12.4. The van der Waals surface area contributed by atoms with Crippen LogP contribution in [0.2, 0.25) is 5.28 Å². The minimum atomic E-state index is -0.495. The molecule has 10 heteroatoms. The summed E-state index contributed by atoms with van der Waals surface area (Å²) in [5.41, 5.74) is 0.332. The molecule has 0 N–H and O–H groups in total. The van der Waals surface area contributed by atoms with E-state index in [-0.39, 0.29) is 23.5 Å². The van der Waals surface area contributed by atoms with E-state index in [4.69, 9.17) is 16.3 Å². The summed E-state index contributed by atoms with van der Waals surface area (Å²) in [6, 6.07) is 0.239. The zero-order chi connectivity index (χ0) is 20.8. The van der Waals surface area contributed by atoms with E-state index in [1.807, 2.05) is 25.3 Å². The van der Waals surface area contributed by atoms with Crippen molar-refractivity contribution in [2.75, 3.05) is 18.0 Å². The number of halogens is 1. The Morgan fingerprint density at radius 1 is 1.31 bits per heavy atom. The molecule has 9 nitrogen and oxygen atoms in total. The largest absolute Gasteiger partial charge is 0.444 e. The summed E-state index contributed by atoms with van der Waals surface area (Å²) < 4.78 is 7.46. The molecule has 2 aromatic heterocycles. The summed E-state index contributed by atoms with van der Waals surface area (Å²) in [4.78, 5) is 25.2. The minimum Gasteiger partial charge on any atom is -0.444 e. The number of aromatic nitrogens is 5. The molecule has 156 valence electrons.